The molecule has 0 aliphatic rings. The fourth-order valence-electron chi connectivity index (χ4n) is 1.05. The molecule has 0 saturated heterocycles. The predicted octanol–water partition coefficient (Wildman–Crippen LogP) is 0.546. The molecule has 84 valence electrons. The molecule has 0 aromatic heterocycles. The maximum Gasteiger partial charge on any atom is 0.323 e. The van der Waals surface area contributed by atoms with Gasteiger partial charge in [0, 0.05) is 13.2 Å². The number of aliphatic hydroxyl groups excluding tert-OH is 1. The van der Waals surface area contributed by atoms with Crippen molar-refractivity contribution in [3.63, 3.8) is 0 Å². The van der Waals surface area contributed by atoms with Gasteiger partial charge in [0.2, 0.25) is 0 Å². The standard InChI is InChI=1S/C10H21NO3/c1-4-9(10(13)14-5-2)11-6-8(3)7-12/h8-9,11-12H,4-7H2,1-3H3. The normalized spacial score (nSPS) is 14.9. The lowest BCUT2D eigenvalue weighted by molar-refractivity contribution is -0.145. The average Bonchev–Trinajstić information content (AvgIpc) is 2.18. The Morgan fingerprint density at radius 3 is 2.57 bits per heavy atom. The first-order valence-corrected chi connectivity index (χ1v) is 5.16. The molecule has 0 aromatic rings. The van der Waals surface area contributed by atoms with E-state index < -0.39 is 0 Å². The summed E-state index contributed by atoms with van der Waals surface area (Å²) in [5.41, 5.74) is 0. The van der Waals surface area contributed by atoms with Crippen LogP contribution in [-0.4, -0.2) is 36.9 Å². The third-order valence-electron chi connectivity index (χ3n) is 2.00. The Kier molecular flexibility index (Phi) is 7.42. The van der Waals surface area contributed by atoms with E-state index in [1.54, 1.807) is 6.92 Å². The Bertz CT molecular complexity index is 161. The number of rotatable bonds is 7. The van der Waals surface area contributed by atoms with Crippen molar-refractivity contribution in [2.24, 2.45) is 5.92 Å². The van der Waals surface area contributed by atoms with Gasteiger partial charge in [0.1, 0.15) is 6.04 Å². The van der Waals surface area contributed by atoms with Gasteiger partial charge in [-0.25, -0.2) is 0 Å². The van der Waals surface area contributed by atoms with Crippen molar-refractivity contribution in [3.05, 3.63) is 0 Å². The number of nitrogens with one attached hydrogen (secondary N) is 1. The first-order chi connectivity index (χ1) is 6.65. The molecule has 0 spiro atoms. The van der Waals surface area contributed by atoms with Gasteiger partial charge in [-0.15, -0.1) is 0 Å². The second-order valence-corrected chi connectivity index (χ2v) is 3.41. The van der Waals surface area contributed by atoms with E-state index in [1.165, 1.54) is 0 Å². The molecular formula is C10H21NO3. The number of hydrogen-bond donors (Lipinski definition) is 2. The van der Waals surface area contributed by atoms with E-state index in [9.17, 15) is 4.79 Å². The van der Waals surface area contributed by atoms with E-state index >= 15 is 0 Å². The van der Waals surface area contributed by atoms with Crippen molar-refractivity contribution < 1.29 is 14.6 Å². The van der Waals surface area contributed by atoms with Crippen LogP contribution in [0.1, 0.15) is 27.2 Å². The molecule has 0 heterocycles. The first-order valence-electron chi connectivity index (χ1n) is 5.16. The van der Waals surface area contributed by atoms with E-state index in [0.29, 0.717) is 19.6 Å². The molecule has 2 atom stereocenters. The quantitative estimate of drug-likeness (QED) is 0.593. The van der Waals surface area contributed by atoms with Crippen molar-refractivity contribution in [1.82, 2.24) is 5.32 Å². The number of esters is 1. The van der Waals surface area contributed by atoms with Gasteiger partial charge >= 0.3 is 5.97 Å². The highest BCUT2D eigenvalue weighted by molar-refractivity contribution is 5.75. The lowest BCUT2D eigenvalue weighted by Gasteiger charge is -2.17. The van der Waals surface area contributed by atoms with Crippen LogP contribution in [0, 0.1) is 5.92 Å². The molecule has 2 unspecified atom stereocenters. The zero-order valence-electron chi connectivity index (χ0n) is 9.25. The summed E-state index contributed by atoms with van der Waals surface area (Å²) in [5, 5.41) is 11.9. The summed E-state index contributed by atoms with van der Waals surface area (Å²) in [4.78, 5) is 11.3. The molecule has 14 heavy (non-hydrogen) atoms. The second kappa shape index (κ2) is 7.76. The molecule has 0 radical (unpaired) electrons. The Labute approximate surface area is 85.6 Å². The maximum atomic E-state index is 11.3. The fourth-order valence-corrected chi connectivity index (χ4v) is 1.05. The summed E-state index contributed by atoms with van der Waals surface area (Å²) in [5.74, 6) is -0.0429. The summed E-state index contributed by atoms with van der Waals surface area (Å²) in [6.45, 7) is 6.82. The monoisotopic (exact) mass is 203 g/mol. The van der Waals surface area contributed by atoms with Crippen LogP contribution in [0.5, 0.6) is 0 Å². The van der Waals surface area contributed by atoms with E-state index in [1.807, 2.05) is 13.8 Å². The molecule has 0 aliphatic heterocycles. The van der Waals surface area contributed by atoms with E-state index in [-0.39, 0.29) is 24.5 Å². The summed E-state index contributed by atoms with van der Waals surface area (Å²) >= 11 is 0. The lowest BCUT2D eigenvalue weighted by atomic mass is 10.1. The third kappa shape index (κ3) is 5.19. The van der Waals surface area contributed by atoms with E-state index in [4.69, 9.17) is 9.84 Å². The Balaban J connectivity index is 3.84. The van der Waals surface area contributed by atoms with Gasteiger partial charge in [0.15, 0.2) is 0 Å². The molecule has 4 nitrogen and oxygen atoms in total. The van der Waals surface area contributed by atoms with Gasteiger partial charge in [-0.2, -0.15) is 0 Å². The molecule has 0 amide bonds. The molecule has 0 fully saturated rings. The van der Waals surface area contributed by atoms with Crippen LogP contribution in [0.15, 0.2) is 0 Å². The summed E-state index contributed by atoms with van der Waals surface area (Å²) in [6.07, 6.45) is 0.705. The molecule has 4 heteroatoms. The summed E-state index contributed by atoms with van der Waals surface area (Å²) in [6, 6.07) is -0.246. The summed E-state index contributed by atoms with van der Waals surface area (Å²) < 4.78 is 4.90. The SMILES string of the molecule is CCOC(=O)C(CC)NCC(C)CO. The van der Waals surface area contributed by atoms with Gasteiger partial charge in [-0.3, -0.25) is 4.79 Å². The van der Waals surface area contributed by atoms with Crippen LogP contribution in [-0.2, 0) is 9.53 Å². The molecule has 0 aromatic carbocycles. The highest BCUT2D eigenvalue weighted by Gasteiger charge is 2.17. The van der Waals surface area contributed by atoms with E-state index in [2.05, 4.69) is 5.32 Å². The predicted molar refractivity (Wildman–Crippen MR) is 55.0 cm³/mol. The highest BCUT2D eigenvalue weighted by atomic mass is 16.5. The molecule has 0 rings (SSSR count). The Hall–Kier alpha value is -0.610. The van der Waals surface area contributed by atoms with Gasteiger partial charge in [-0.1, -0.05) is 13.8 Å². The molecule has 0 saturated carbocycles. The highest BCUT2D eigenvalue weighted by Crippen LogP contribution is 1.97. The van der Waals surface area contributed by atoms with Crippen LogP contribution in [0.3, 0.4) is 0 Å². The average molecular weight is 203 g/mol. The maximum absolute atomic E-state index is 11.3. The van der Waals surface area contributed by atoms with Gasteiger partial charge < -0.3 is 15.2 Å². The smallest absolute Gasteiger partial charge is 0.323 e. The topological polar surface area (TPSA) is 58.6 Å². The Morgan fingerprint density at radius 2 is 2.14 bits per heavy atom. The van der Waals surface area contributed by atoms with Crippen molar-refractivity contribution in [3.8, 4) is 0 Å². The minimum Gasteiger partial charge on any atom is -0.465 e. The molecule has 0 bridgehead atoms. The van der Waals surface area contributed by atoms with Crippen LogP contribution in [0.4, 0.5) is 0 Å². The summed E-state index contributed by atoms with van der Waals surface area (Å²) in [7, 11) is 0. The minimum atomic E-state index is -0.246. The second-order valence-electron chi connectivity index (χ2n) is 3.41. The van der Waals surface area contributed by atoms with Crippen LogP contribution in [0.25, 0.3) is 0 Å². The molecular weight excluding hydrogens is 182 g/mol. The Morgan fingerprint density at radius 1 is 1.50 bits per heavy atom. The van der Waals surface area contributed by atoms with Crippen molar-refractivity contribution in [2.45, 2.75) is 33.2 Å². The lowest BCUT2D eigenvalue weighted by Crippen LogP contribution is -2.40. The van der Waals surface area contributed by atoms with Gasteiger partial charge in [-0.05, 0) is 19.3 Å². The van der Waals surface area contributed by atoms with Crippen LogP contribution in [0.2, 0.25) is 0 Å². The fraction of sp³-hybridized carbons (Fsp3) is 0.900. The number of ether oxygens (including phenoxy) is 1. The largest absolute Gasteiger partial charge is 0.465 e. The first kappa shape index (κ1) is 13.4. The van der Waals surface area contributed by atoms with Gasteiger partial charge in [0.05, 0.1) is 6.61 Å². The molecule has 2 N–H and O–H groups in total. The van der Waals surface area contributed by atoms with Crippen molar-refractivity contribution >= 4 is 5.97 Å². The number of carbonyl (C=O) groups excluding carboxylic acids is 1. The third-order valence-corrected chi connectivity index (χ3v) is 2.00. The zero-order valence-corrected chi connectivity index (χ0v) is 9.25. The van der Waals surface area contributed by atoms with Crippen LogP contribution < -0.4 is 5.32 Å². The van der Waals surface area contributed by atoms with Gasteiger partial charge in [0.25, 0.3) is 0 Å². The van der Waals surface area contributed by atoms with Crippen molar-refractivity contribution in [2.75, 3.05) is 19.8 Å². The number of carbonyl (C=O) groups is 1. The number of aliphatic hydroxyl groups is 1. The minimum absolute atomic E-state index is 0.131. The zero-order chi connectivity index (χ0) is 11.0. The number of hydrogen-bond acceptors (Lipinski definition) is 4. The van der Waals surface area contributed by atoms with Crippen LogP contribution >= 0.6 is 0 Å². The van der Waals surface area contributed by atoms with Crippen molar-refractivity contribution in [1.29, 1.82) is 0 Å². The molecule has 0 aliphatic carbocycles. The van der Waals surface area contributed by atoms with E-state index in [0.717, 1.165) is 0 Å².